The number of thiophene rings is 1. The maximum absolute atomic E-state index is 12.5. The second-order valence-electron chi connectivity index (χ2n) is 4.75. The lowest BCUT2D eigenvalue weighted by Crippen LogP contribution is -2.30. The van der Waals surface area contributed by atoms with Crippen molar-refractivity contribution in [1.82, 2.24) is 14.9 Å². The molecule has 1 aliphatic rings. The minimum Gasteiger partial charge on any atom is -0.372 e. The van der Waals surface area contributed by atoms with Gasteiger partial charge in [-0.05, 0) is 24.3 Å². The number of hydrogen-bond acceptors (Lipinski definition) is 5. The first-order valence-corrected chi connectivity index (χ1v) is 7.56. The third kappa shape index (κ3) is 2.38. The van der Waals surface area contributed by atoms with E-state index < -0.39 is 0 Å². The van der Waals surface area contributed by atoms with Gasteiger partial charge in [0.25, 0.3) is 5.91 Å². The lowest BCUT2D eigenvalue weighted by Gasteiger charge is -2.24. The maximum atomic E-state index is 12.5. The topological polar surface area (TPSA) is 58.1 Å². The molecule has 1 saturated heterocycles. The quantitative estimate of drug-likeness (QED) is 0.943. The fourth-order valence-corrected chi connectivity index (χ4v) is 3.16. The fourth-order valence-electron chi connectivity index (χ4n) is 2.53. The molecule has 1 fully saturated rings. The largest absolute Gasteiger partial charge is 0.372 e. The molecule has 2 aromatic heterocycles. The van der Waals surface area contributed by atoms with E-state index in [4.69, 9.17) is 0 Å². The maximum Gasteiger partial charge on any atom is 0.255 e. The lowest BCUT2D eigenvalue weighted by molar-refractivity contribution is 0.0733. The predicted octanol–water partition coefficient (Wildman–Crippen LogP) is 2.56. The van der Waals surface area contributed by atoms with Crippen molar-refractivity contribution in [2.75, 3.05) is 18.9 Å². The number of nitrogens with zero attached hydrogens (tertiary/aromatic N) is 3. The summed E-state index contributed by atoms with van der Waals surface area (Å²) in [7, 11) is 1.82. The molecule has 3 rings (SSSR count). The van der Waals surface area contributed by atoms with E-state index in [0.717, 1.165) is 36.5 Å². The van der Waals surface area contributed by atoms with E-state index in [1.165, 1.54) is 0 Å². The SMILES string of the molecule is CNc1cncc(C2CCCN2C(=O)c2ccsc2)n1. The number of amides is 1. The highest BCUT2D eigenvalue weighted by Crippen LogP contribution is 2.32. The number of carbonyl (C=O) groups is 1. The van der Waals surface area contributed by atoms with Gasteiger partial charge in [0.15, 0.2) is 0 Å². The second kappa shape index (κ2) is 5.58. The zero-order chi connectivity index (χ0) is 13.9. The van der Waals surface area contributed by atoms with Crippen LogP contribution in [-0.4, -0.2) is 34.4 Å². The van der Waals surface area contributed by atoms with Gasteiger partial charge in [0.2, 0.25) is 0 Å². The standard InChI is InChI=1S/C14H16N4OS/c1-15-13-8-16-7-11(17-13)12-3-2-5-18(12)14(19)10-4-6-20-9-10/h4,6-9,12H,2-3,5H2,1H3,(H,15,17). The van der Waals surface area contributed by atoms with Gasteiger partial charge < -0.3 is 10.2 Å². The molecule has 20 heavy (non-hydrogen) atoms. The highest BCUT2D eigenvalue weighted by atomic mass is 32.1. The summed E-state index contributed by atoms with van der Waals surface area (Å²) in [4.78, 5) is 23.1. The molecule has 1 unspecified atom stereocenters. The Labute approximate surface area is 121 Å². The third-order valence-corrected chi connectivity index (χ3v) is 4.22. The Kier molecular flexibility index (Phi) is 3.64. The Balaban J connectivity index is 1.86. The van der Waals surface area contributed by atoms with Crippen LogP contribution < -0.4 is 5.32 Å². The van der Waals surface area contributed by atoms with E-state index in [0.29, 0.717) is 0 Å². The van der Waals surface area contributed by atoms with Crippen molar-refractivity contribution in [2.45, 2.75) is 18.9 Å². The van der Waals surface area contributed by atoms with Crippen molar-refractivity contribution < 1.29 is 4.79 Å². The highest BCUT2D eigenvalue weighted by molar-refractivity contribution is 7.08. The van der Waals surface area contributed by atoms with Crippen LogP contribution in [0.5, 0.6) is 0 Å². The molecular weight excluding hydrogens is 272 g/mol. The highest BCUT2D eigenvalue weighted by Gasteiger charge is 2.31. The van der Waals surface area contributed by atoms with E-state index in [1.54, 1.807) is 23.7 Å². The van der Waals surface area contributed by atoms with Gasteiger partial charge in [0, 0.05) is 19.0 Å². The molecule has 0 aliphatic carbocycles. The van der Waals surface area contributed by atoms with Gasteiger partial charge >= 0.3 is 0 Å². The summed E-state index contributed by atoms with van der Waals surface area (Å²) < 4.78 is 0. The average Bonchev–Trinajstić information content (AvgIpc) is 3.17. The van der Waals surface area contributed by atoms with Crippen molar-refractivity contribution in [2.24, 2.45) is 0 Å². The lowest BCUT2D eigenvalue weighted by atomic mass is 10.1. The molecule has 0 saturated carbocycles. The van der Waals surface area contributed by atoms with E-state index in [-0.39, 0.29) is 11.9 Å². The molecular formula is C14H16N4OS. The molecule has 0 spiro atoms. The summed E-state index contributed by atoms with van der Waals surface area (Å²) in [6.45, 7) is 0.783. The molecule has 0 bridgehead atoms. The van der Waals surface area contributed by atoms with Crippen LogP contribution in [0.3, 0.4) is 0 Å². The fraction of sp³-hybridized carbons (Fsp3) is 0.357. The molecule has 104 valence electrons. The van der Waals surface area contributed by atoms with E-state index >= 15 is 0 Å². The molecule has 1 N–H and O–H groups in total. The van der Waals surface area contributed by atoms with Gasteiger partial charge in [-0.3, -0.25) is 9.78 Å². The zero-order valence-electron chi connectivity index (χ0n) is 11.2. The van der Waals surface area contributed by atoms with Crippen LogP contribution in [-0.2, 0) is 0 Å². The van der Waals surface area contributed by atoms with Gasteiger partial charge in [-0.1, -0.05) is 0 Å². The average molecular weight is 288 g/mol. The number of hydrogen-bond donors (Lipinski definition) is 1. The number of aromatic nitrogens is 2. The number of rotatable bonds is 3. The van der Waals surface area contributed by atoms with E-state index in [2.05, 4.69) is 15.3 Å². The van der Waals surface area contributed by atoms with Gasteiger partial charge in [0.05, 0.1) is 29.7 Å². The van der Waals surface area contributed by atoms with Gasteiger partial charge in [-0.25, -0.2) is 4.98 Å². The molecule has 5 nitrogen and oxygen atoms in total. The van der Waals surface area contributed by atoms with Crippen molar-refractivity contribution in [3.63, 3.8) is 0 Å². The molecule has 3 heterocycles. The van der Waals surface area contributed by atoms with Crippen LogP contribution >= 0.6 is 11.3 Å². The Hall–Kier alpha value is -1.95. The van der Waals surface area contributed by atoms with Crippen molar-refractivity contribution in [3.8, 4) is 0 Å². The Morgan fingerprint density at radius 3 is 3.15 bits per heavy atom. The predicted molar refractivity (Wildman–Crippen MR) is 78.9 cm³/mol. The summed E-state index contributed by atoms with van der Waals surface area (Å²) in [6.07, 6.45) is 5.39. The molecule has 6 heteroatoms. The number of nitrogens with one attached hydrogen (secondary N) is 1. The summed E-state index contributed by atoms with van der Waals surface area (Å²) in [6, 6.07) is 1.90. The number of carbonyl (C=O) groups excluding carboxylic acids is 1. The molecule has 1 amide bonds. The van der Waals surface area contributed by atoms with Crippen LogP contribution in [0.1, 0.15) is 34.9 Å². The van der Waals surface area contributed by atoms with Crippen molar-refractivity contribution in [1.29, 1.82) is 0 Å². The zero-order valence-corrected chi connectivity index (χ0v) is 12.1. The number of likely N-dealkylation sites (tertiary alicyclic amines) is 1. The minimum atomic E-state index is 0.0307. The van der Waals surface area contributed by atoms with Crippen LogP contribution in [0.15, 0.2) is 29.2 Å². The molecule has 1 atom stereocenters. The van der Waals surface area contributed by atoms with E-state index in [9.17, 15) is 4.79 Å². The van der Waals surface area contributed by atoms with Gasteiger partial charge in [-0.2, -0.15) is 11.3 Å². The van der Waals surface area contributed by atoms with Crippen LogP contribution in [0.2, 0.25) is 0 Å². The summed E-state index contributed by atoms with van der Waals surface area (Å²) >= 11 is 1.54. The molecule has 0 radical (unpaired) electrons. The first-order valence-electron chi connectivity index (χ1n) is 6.62. The van der Waals surface area contributed by atoms with Gasteiger partial charge in [-0.15, -0.1) is 0 Å². The summed E-state index contributed by atoms with van der Waals surface area (Å²) in [5.74, 6) is 0.822. The minimum absolute atomic E-state index is 0.0307. The Morgan fingerprint density at radius 2 is 2.40 bits per heavy atom. The first kappa shape index (κ1) is 13.1. The van der Waals surface area contributed by atoms with Crippen LogP contribution in [0, 0.1) is 0 Å². The first-order chi connectivity index (χ1) is 9.79. The van der Waals surface area contributed by atoms with Crippen molar-refractivity contribution >= 4 is 23.1 Å². The monoisotopic (exact) mass is 288 g/mol. The molecule has 1 aliphatic heterocycles. The van der Waals surface area contributed by atoms with Gasteiger partial charge in [0.1, 0.15) is 5.82 Å². The van der Waals surface area contributed by atoms with Crippen LogP contribution in [0.4, 0.5) is 5.82 Å². The smallest absolute Gasteiger partial charge is 0.255 e. The Bertz CT molecular complexity index is 599. The molecule has 0 aromatic carbocycles. The summed E-state index contributed by atoms with van der Waals surface area (Å²) in [5, 5.41) is 6.81. The second-order valence-corrected chi connectivity index (χ2v) is 5.53. The Morgan fingerprint density at radius 1 is 1.50 bits per heavy atom. The van der Waals surface area contributed by atoms with Crippen molar-refractivity contribution in [3.05, 3.63) is 40.5 Å². The normalized spacial score (nSPS) is 18.2. The molecule has 2 aromatic rings. The summed E-state index contributed by atoms with van der Waals surface area (Å²) in [5.41, 5.74) is 1.62. The van der Waals surface area contributed by atoms with Crippen LogP contribution in [0.25, 0.3) is 0 Å². The number of anilines is 1. The third-order valence-electron chi connectivity index (χ3n) is 3.53. The van der Waals surface area contributed by atoms with E-state index in [1.807, 2.05) is 28.8 Å².